The van der Waals surface area contributed by atoms with E-state index in [1.165, 1.54) is 12.1 Å². The van der Waals surface area contributed by atoms with E-state index in [4.69, 9.17) is 5.11 Å². The van der Waals surface area contributed by atoms with Crippen molar-refractivity contribution >= 4 is 21.6 Å². The molecule has 0 atom stereocenters. The number of rotatable bonds is 7. The first-order chi connectivity index (χ1) is 9.01. The molecule has 0 bridgehead atoms. The van der Waals surface area contributed by atoms with E-state index < -0.39 is 10.0 Å². The fraction of sp³-hybridized carbons (Fsp3) is 0.417. The molecule has 6 nitrogen and oxygen atoms in total. The topological polar surface area (TPSA) is 95.5 Å². The van der Waals surface area contributed by atoms with Crippen LogP contribution in [0.1, 0.15) is 19.8 Å². The van der Waals surface area contributed by atoms with E-state index in [0.717, 1.165) is 0 Å². The zero-order valence-corrected chi connectivity index (χ0v) is 11.5. The summed E-state index contributed by atoms with van der Waals surface area (Å²) < 4.78 is 26.3. The van der Waals surface area contributed by atoms with Gasteiger partial charge in [-0.1, -0.05) is 19.1 Å². The molecule has 0 unspecified atom stereocenters. The minimum absolute atomic E-state index is 0.0363. The molecule has 106 valence electrons. The maximum Gasteiger partial charge on any atom is 0.242 e. The van der Waals surface area contributed by atoms with Gasteiger partial charge in [-0.2, -0.15) is 0 Å². The van der Waals surface area contributed by atoms with E-state index in [9.17, 15) is 13.2 Å². The van der Waals surface area contributed by atoms with Gasteiger partial charge in [0.2, 0.25) is 15.9 Å². The second kappa shape index (κ2) is 7.22. The Morgan fingerprint density at radius 3 is 2.63 bits per heavy atom. The molecule has 0 aliphatic heterocycles. The SMILES string of the molecule is CCNS(=O)(=O)c1ccccc1NC(=O)CCCO. The number of nitrogens with one attached hydrogen (secondary N) is 2. The predicted molar refractivity (Wildman–Crippen MR) is 72.3 cm³/mol. The third-order valence-electron chi connectivity index (χ3n) is 2.35. The van der Waals surface area contributed by atoms with Gasteiger partial charge in [-0.05, 0) is 18.6 Å². The molecule has 1 rings (SSSR count). The Hall–Kier alpha value is -1.44. The number of hydrogen-bond donors (Lipinski definition) is 3. The average molecular weight is 286 g/mol. The smallest absolute Gasteiger partial charge is 0.242 e. The van der Waals surface area contributed by atoms with Crippen molar-refractivity contribution in [2.24, 2.45) is 0 Å². The molecule has 0 spiro atoms. The van der Waals surface area contributed by atoms with Gasteiger partial charge in [-0.3, -0.25) is 4.79 Å². The van der Waals surface area contributed by atoms with Crippen LogP contribution in [0.4, 0.5) is 5.69 Å². The molecular formula is C12H18N2O4S. The van der Waals surface area contributed by atoms with Gasteiger partial charge in [0.05, 0.1) is 5.69 Å². The minimum atomic E-state index is -3.62. The Morgan fingerprint density at radius 1 is 1.32 bits per heavy atom. The molecule has 3 N–H and O–H groups in total. The van der Waals surface area contributed by atoms with Crippen molar-refractivity contribution in [1.29, 1.82) is 0 Å². The lowest BCUT2D eigenvalue weighted by Gasteiger charge is -2.11. The molecule has 1 aromatic rings. The highest BCUT2D eigenvalue weighted by Crippen LogP contribution is 2.20. The van der Waals surface area contributed by atoms with Gasteiger partial charge in [-0.15, -0.1) is 0 Å². The van der Waals surface area contributed by atoms with E-state index in [1.54, 1.807) is 19.1 Å². The lowest BCUT2D eigenvalue weighted by Crippen LogP contribution is -2.25. The summed E-state index contributed by atoms with van der Waals surface area (Å²) in [6.07, 6.45) is 0.486. The van der Waals surface area contributed by atoms with Gasteiger partial charge in [-0.25, -0.2) is 13.1 Å². The van der Waals surface area contributed by atoms with Crippen molar-refractivity contribution in [3.63, 3.8) is 0 Å². The van der Waals surface area contributed by atoms with Gasteiger partial charge >= 0.3 is 0 Å². The number of benzene rings is 1. The van der Waals surface area contributed by atoms with Crippen LogP contribution in [0.15, 0.2) is 29.2 Å². The van der Waals surface area contributed by atoms with Crippen molar-refractivity contribution in [3.8, 4) is 0 Å². The van der Waals surface area contributed by atoms with E-state index in [2.05, 4.69) is 10.0 Å². The number of carbonyl (C=O) groups is 1. The number of anilines is 1. The lowest BCUT2D eigenvalue weighted by atomic mass is 10.2. The summed E-state index contributed by atoms with van der Waals surface area (Å²) >= 11 is 0. The highest BCUT2D eigenvalue weighted by Gasteiger charge is 2.18. The highest BCUT2D eigenvalue weighted by molar-refractivity contribution is 7.89. The number of hydrogen-bond acceptors (Lipinski definition) is 4. The fourth-order valence-electron chi connectivity index (χ4n) is 1.52. The first kappa shape index (κ1) is 15.6. The summed E-state index contributed by atoms with van der Waals surface area (Å²) in [4.78, 5) is 11.6. The van der Waals surface area contributed by atoms with E-state index in [-0.39, 0.29) is 36.1 Å². The normalized spacial score (nSPS) is 11.3. The van der Waals surface area contributed by atoms with Crippen molar-refractivity contribution in [2.45, 2.75) is 24.7 Å². The molecule has 0 aromatic heterocycles. The van der Waals surface area contributed by atoms with Crippen LogP contribution in [0.2, 0.25) is 0 Å². The van der Waals surface area contributed by atoms with Crippen molar-refractivity contribution < 1.29 is 18.3 Å². The third-order valence-corrected chi connectivity index (χ3v) is 3.95. The summed E-state index contributed by atoms with van der Waals surface area (Å²) in [6.45, 7) is 1.87. The van der Waals surface area contributed by atoms with Gasteiger partial charge in [0.1, 0.15) is 4.90 Å². The standard InChI is InChI=1S/C12H18N2O4S/c1-2-13-19(17,18)11-7-4-3-6-10(11)14-12(16)8-5-9-15/h3-4,6-7,13,15H,2,5,8-9H2,1H3,(H,14,16). The molecule has 0 fully saturated rings. The molecule has 1 aromatic carbocycles. The molecule has 0 aliphatic rings. The van der Waals surface area contributed by atoms with Crippen LogP contribution < -0.4 is 10.0 Å². The minimum Gasteiger partial charge on any atom is -0.396 e. The van der Waals surface area contributed by atoms with Gasteiger partial charge in [0.25, 0.3) is 0 Å². The number of carbonyl (C=O) groups excluding carboxylic acids is 1. The van der Waals surface area contributed by atoms with Crippen LogP contribution in [0.3, 0.4) is 0 Å². The summed E-state index contributed by atoms with van der Waals surface area (Å²) in [5, 5.41) is 11.2. The molecule has 0 radical (unpaired) electrons. The number of para-hydroxylation sites is 1. The molecule has 1 amide bonds. The number of sulfonamides is 1. The van der Waals surface area contributed by atoms with Crippen LogP contribution >= 0.6 is 0 Å². The summed E-state index contributed by atoms with van der Waals surface area (Å²) in [6, 6.07) is 6.20. The Kier molecular flexibility index (Phi) is 5.94. The molecule has 0 saturated heterocycles. The molecule has 7 heteroatoms. The Balaban J connectivity index is 2.94. The number of aliphatic hydroxyl groups excluding tert-OH is 1. The number of aliphatic hydroxyl groups is 1. The maximum atomic E-state index is 11.9. The van der Waals surface area contributed by atoms with Gasteiger partial charge in [0, 0.05) is 19.6 Å². The van der Waals surface area contributed by atoms with E-state index in [1.807, 2.05) is 0 Å². The average Bonchev–Trinajstić information content (AvgIpc) is 2.36. The first-order valence-electron chi connectivity index (χ1n) is 6.00. The Bertz CT molecular complexity index is 528. The van der Waals surface area contributed by atoms with E-state index in [0.29, 0.717) is 6.42 Å². The zero-order chi connectivity index (χ0) is 14.3. The highest BCUT2D eigenvalue weighted by atomic mass is 32.2. The summed E-state index contributed by atoms with van der Waals surface area (Å²) in [7, 11) is -3.62. The monoisotopic (exact) mass is 286 g/mol. The fourth-order valence-corrected chi connectivity index (χ4v) is 2.73. The second-order valence-electron chi connectivity index (χ2n) is 3.87. The molecule has 0 saturated carbocycles. The van der Waals surface area contributed by atoms with Crippen LogP contribution in [-0.2, 0) is 14.8 Å². The molecule has 19 heavy (non-hydrogen) atoms. The first-order valence-corrected chi connectivity index (χ1v) is 7.49. The quantitative estimate of drug-likeness (QED) is 0.687. The Labute approximate surface area is 112 Å². The Morgan fingerprint density at radius 2 is 2.00 bits per heavy atom. The van der Waals surface area contributed by atoms with Crippen LogP contribution in [-0.4, -0.2) is 32.6 Å². The van der Waals surface area contributed by atoms with Crippen molar-refractivity contribution in [2.75, 3.05) is 18.5 Å². The van der Waals surface area contributed by atoms with Gasteiger partial charge < -0.3 is 10.4 Å². The zero-order valence-electron chi connectivity index (χ0n) is 10.7. The summed E-state index contributed by atoms with van der Waals surface area (Å²) in [5.41, 5.74) is 0.242. The molecule has 0 aliphatic carbocycles. The number of amides is 1. The largest absolute Gasteiger partial charge is 0.396 e. The van der Waals surface area contributed by atoms with Crippen LogP contribution in [0, 0.1) is 0 Å². The van der Waals surface area contributed by atoms with Crippen LogP contribution in [0.5, 0.6) is 0 Å². The van der Waals surface area contributed by atoms with Gasteiger partial charge in [0.15, 0.2) is 0 Å². The van der Waals surface area contributed by atoms with Crippen molar-refractivity contribution in [1.82, 2.24) is 4.72 Å². The van der Waals surface area contributed by atoms with Crippen LogP contribution in [0.25, 0.3) is 0 Å². The molecule has 0 heterocycles. The van der Waals surface area contributed by atoms with E-state index >= 15 is 0 Å². The predicted octanol–water partition coefficient (Wildman–Crippen LogP) is 0.696. The lowest BCUT2D eigenvalue weighted by molar-refractivity contribution is -0.116. The summed E-state index contributed by atoms with van der Waals surface area (Å²) in [5.74, 6) is -0.326. The molecular weight excluding hydrogens is 268 g/mol. The maximum absolute atomic E-state index is 11.9. The van der Waals surface area contributed by atoms with Crippen molar-refractivity contribution in [3.05, 3.63) is 24.3 Å². The second-order valence-corrected chi connectivity index (χ2v) is 5.61. The third kappa shape index (κ3) is 4.62.